The number of piperidine rings is 1. The van der Waals surface area contributed by atoms with Gasteiger partial charge in [0.1, 0.15) is 0 Å². The zero-order chi connectivity index (χ0) is 25.5. The quantitative estimate of drug-likeness (QED) is 0.430. The van der Waals surface area contributed by atoms with E-state index in [1.807, 2.05) is 18.2 Å². The summed E-state index contributed by atoms with van der Waals surface area (Å²) in [6.07, 6.45) is -3.36. The van der Waals surface area contributed by atoms with E-state index in [1.54, 1.807) is 4.90 Å². The summed E-state index contributed by atoms with van der Waals surface area (Å²) in [7, 11) is 1.43. The predicted octanol–water partition coefficient (Wildman–Crippen LogP) is 3.05. The van der Waals surface area contributed by atoms with Gasteiger partial charge in [-0.15, -0.1) is 0 Å². The minimum absolute atomic E-state index is 0.103. The van der Waals surface area contributed by atoms with Gasteiger partial charge in [0.25, 0.3) is 0 Å². The van der Waals surface area contributed by atoms with Crippen LogP contribution in [0.5, 0.6) is 0 Å². The van der Waals surface area contributed by atoms with Gasteiger partial charge in [-0.1, -0.05) is 42.5 Å². The van der Waals surface area contributed by atoms with E-state index in [-0.39, 0.29) is 11.9 Å². The van der Waals surface area contributed by atoms with Crippen molar-refractivity contribution in [2.24, 2.45) is 11.1 Å². The lowest BCUT2D eigenvalue weighted by molar-refractivity contribution is -0.192. The Morgan fingerprint density at radius 1 is 1.15 bits per heavy atom. The topological polar surface area (TPSA) is 110 Å². The van der Waals surface area contributed by atoms with Crippen molar-refractivity contribution in [3.8, 4) is 0 Å². The largest absolute Gasteiger partial charge is 0.490 e. The van der Waals surface area contributed by atoms with E-state index in [1.165, 1.54) is 7.11 Å². The molecule has 1 saturated heterocycles. The fraction of sp³-hybridized carbons (Fsp3) is 0.435. The molecular weight excluding hydrogens is 473 g/mol. The molecule has 1 atom stereocenters. The maximum Gasteiger partial charge on any atom is 0.490 e. The number of rotatable bonds is 5. The third kappa shape index (κ3) is 6.63. The molecule has 0 spiro atoms. The monoisotopic (exact) mass is 500 g/mol. The number of ether oxygens (including phenoxy) is 1. The summed E-state index contributed by atoms with van der Waals surface area (Å²) < 4.78 is 36.9. The highest BCUT2D eigenvalue weighted by Crippen LogP contribution is 2.38. The number of nitrogens with zero attached hydrogens (tertiary/aromatic N) is 1. The van der Waals surface area contributed by atoms with Gasteiger partial charge < -0.3 is 20.5 Å². The third-order valence-electron chi connectivity index (χ3n) is 5.82. The maximum absolute atomic E-state index is 12.7. The van der Waals surface area contributed by atoms with Crippen LogP contribution in [0.3, 0.4) is 0 Å². The van der Waals surface area contributed by atoms with Gasteiger partial charge in [-0.25, -0.2) is 4.79 Å². The molecule has 0 radical (unpaired) electrons. The van der Waals surface area contributed by atoms with Gasteiger partial charge in [-0.2, -0.15) is 25.8 Å². The second-order valence-corrected chi connectivity index (χ2v) is 8.37. The van der Waals surface area contributed by atoms with Crippen LogP contribution in [0.2, 0.25) is 0 Å². The smallest absolute Gasteiger partial charge is 0.475 e. The Balaban J connectivity index is 0.000000509. The number of esters is 1. The number of carbonyl (C=O) groups excluding carboxylic acids is 2. The summed E-state index contributed by atoms with van der Waals surface area (Å²) in [4.78, 5) is 35.7. The molecule has 186 valence electrons. The van der Waals surface area contributed by atoms with Crippen LogP contribution in [-0.2, 0) is 25.5 Å². The molecule has 7 nitrogen and oxygen atoms in total. The number of carboxylic acids is 1. The van der Waals surface area contributed by atoms with Crippen molar-refractivity contribution in [2.45, 2.75) is 31.5 Å². The summed E-state index contributed by atoms with van der Waals surface area (Å²) in [5, 5.41) is 9.43. The summed E-state index contributed by atoms with van der Waals surface area (Å²) in [6.45, 7) is 1.00. The lowest BCUT2D eigenvalue weighted by Crippen LogP contribution is -2.52. The number of nitrogens with two attached hydrogens (primary N) is 1. The van der Waals surface area contributed by atoms with Crippen LogP contribution in [0.1, 0.15) is 18.4 Å². The minimum Gasteiger partial charge on any atom is -0.475 e. The Hall–Kier alpha value is -2.79. The molecule has 0 unspecified atom stereocenters. The van der Waals surface area contributed by atoms with Crippen LogP contribution >= 0.6 is 12.6 Å². The lowest BCUT2D eigenvalue weighted by Gasteiger charge is -2.40. The van der Waals surface area contributed by atoms with Crippen molar-refractivity contribution in [1.82, 2.24) is 4.90 Å². The molecule has 2 aromatic rings. The Morgan fingerprint density at radius 3 is 2.24 bits per heavy atom. The van der Waals surface area contributed by atoms with Crippen molar-refractivity contribution in [2.75, 3.05) is 26.0 Å². The van der Waals surface area contributed by atoms with Gasteiger partial charge in [0, 0.05) is 18.8 Å². The number of thiol groups is 1. The molecule has 1 aliphatic rings. The molecule has 11 heteroatoms. The van der Waals surface area contributed by atoms with E-state index in [4.69, 9.17) is 20.4 Å². The number of amides is 1. The number of benzene rings is 2. The Bertz CT molecular complexity index is 1020. The van der Waals surface area contributed by atoms with E-state index in [2.05, 4.69) is 36.9 Å². The van der Waals surface area contributed by atoms with Crippen LogP contribution < -0.4 is 5.73 Å². The number of likely N-dealkylation sites (tertiary alicyclic amines) is 1. The molecule has 0 aliphatic carbocycles. The van der Waals surface area contributed by atoms with Crippen molar-refractivity contribution >= 4 is 41.2 Å². The number of hydrogen-bond donors (Lipinski definition) is 3. The number of methoxy groups -OCH3 is 1. The Labute approximate surface area is 200 Å². The molecule has 34 heavy (non-hydrogen) atoms. The van der Waals surface area contributed by atoms with Crippen LogP contribution in [0.4, 0.5) is 13.2 Å². The maximum atomic E-state index is 12.7. The lowest BCUT2D eigenvalue weighted by atomic mass is 9.73. The van der Waals surface area contributed by atoms with Gasteiger partial charge >= 0.3 is 18.1 Å². The SMILES string of the molecule is COC(=O)C1(Cc2cccc3ccccc23)CCN(C(=O)[C@@H](N)CS)CC1.O=C(O)C(F)(F)F. The van der Waals surface area contributed by atoms with Gasteiger partial charge in [-0.05, 0) is 35.6 Å². The predicted molar refractivity (Wildman–Crippen MR) is 123 cm³/mol. The molecule has 1 amide bonds. The number of carboxylic acid groups (broad SMARTS) is 1. The Kier molecular flexibility index (Phi) is 9.34. The van der Waals surface area contributed by atoms with Crippen LogP contribution in [0, 0.1) is 5.41 Å². The molecule has 1 aliphatic heterocycles. The zero-order valence-corrected chi connectivity index (χ0v) is 19.4. The van der Waals surface area contributed by atoms with Crippen molar-refractivity contribution in [1.29, 1.82) is 0 Å². The average Bonchev–Trinajstić information content (AvgIpc) is 2.83. The van der Waals surface area contributed by atoms with E-state index < -0.39 is 23.6 Å². The van der Waals surface area contributed by atoms with Gasteiger partial charge in [0.15, 0.2) is 0 Å². The number of alkyl halides is 3. The number of fused-ring (bicyclic) bond motifs is 1. The van der Waals surface area contributed by atoms with Gasteiger partial charge in [0.05, 0.1) is 18.6 Å². The zero-order valence-electron chi connectivity index (χ0n) is 18.5. The number of halogens is 3. The number of aliphatic carboxylic acids is 1. The molecule has 2 aromatic carbocycles. The van der Waals surface area contributed by atoms with E-state index in [0.717, 1.165) is 16.3 Å². The van der Waals surface area contributed by atoms with Gasteiger partial charge in [-0.3, -0.25) is 9.59 Å². The summed E-state index contributed by atoms with van der Waals surface area (Å²) in [5.41, 5.74) is 6.33. The molecular formula is C23H27F3N2O5S. The molecule has 1 fully saturated rings. The molecule has 0 bridgehead atoms. The third-order valence-corrected chi connectivity index (χ3v) is 6.21. The minimum atomic E-state index is -5.08. The Morgan fingerprint density at radius 2 is 1.71 bits per heavy atom. The molecule has 0 saturated carbocycles. The van der Waals surface area contributed by atoms with Crippen LogP contribution in [0.25, 0.3) is 10.8 Å². The van der Waals surface area contributed by atoms with E-state index in [0.29, 0.717) is 38.1 Å². The fourth-order valence-electron chi connectivity index (χ4n) is 3.95. The highest BCUT2D eigenvalue weighted by Gasteiger charge is 2.44. The highest BCUT2D eigenvalue weighted by atomic mass is 32.1. The van der Waals surface area contributed by atoms with E-state index >= 15 is 0 Å². The fourth-order valence-corrected chi connectivity index (χ4v) is 4.10. The second-order valence-electron chi connectivity index (χ2n) is 8.00. The normalized spacial score (nSPS) is 16.2. The van der Waals surface area contributed by atoms with Crippen LogP contribution in [-0.4, -0.2) is 66.0 Å². The highest BCUT2D eigenvalue weighted by molar-refractivity contribution is 7.80. The summed E-state index contributed by atoms with van der Waals surface area (Å²) in [6, 6.07) is 13.7. The first kappa shape index (κ1) is 27.5. The molecule has 3 rings (SSSR count). The standard InChI is InChI=1S/C21H26N2O3S.C2HF3O2/c1-26-20(25)21(9-11-23(12-10-21)19(24)18(22)14-27)13-16-7-4-6-15-5-2-3-8-17(15)16;3-2(4,5)1(6)7/h2-8,18,27H,9-14,22H2,1H3;(H,6,7)/t18-;/m0./s1. The van der Waals surface area contributed by atoms with Crippen molar-refractivity contribution in [3.05, 3.63) is 48.0 Å². The summed E-state index contributed by atoms with van der Waals surface area (Å²) in [5.74, 6) is -2.75. The summed E-state index contributed by atoms with van der Waals surface area (Å²) >= 11 is 4.11. The molecule has 1 heterocycles. The molecule has 3 N–H and O–H groups in total. The number of carbonyl (C=O) groups is 3. The number of hydrogen-bond acceptors (Lipinski definition) is 6. The van der Waals surface area contributed by atoms with Crippen LogP contribution in [0.15, 0.2) is 42.5 Å². The first-order valence-electron chi connectivity index (χ1n) is 10.5. The van der Waals surface area contributed by atoms with Crippen molar-refractivity contribution < 1.29 is 37.4 Å². The van der Waals surface area contributed by atoms with Gasteiger partial charge in [0.2, 0.25) is 5.91 Å². The van der Waals surface area contributed by atoms with E-state index in [9.17, 15) is 22.8 Å². The first-order valence-corrected chi connectivity index (χ1v) is 11.1. The molecule has 0 aromatic heterocycles. The van der Waals surface area contributed by atoms with Crippen molar-refractivity contribution in [3.63, 3.8) is 0 Å². The average molecular weight is 501 g/mol. The second kappa shape index (κ2) is 11.6. The first-order chi connectivity index (χ1) is 15.9.